The van der Waals surface area contributed by atoms with Gasteiger partial charge in [0.15, 0.2) is 0 Å². The smallest absolute Gasteiger partial charge is 0.333 e. The Morgan fingerprint density at radius 2 is 2.26 bits per heavy atom. The van der Waals surface area contributed by atoms with Gasteiger partial charge >= 0.3 is 10.3 Å². The Hall–Kier alpha value is -1.41. The molecule has 2 N–H and O–H groups in total. The molecular formula is C16H23NO5S. The molecule has 7 heteroatoms. The Bertz CT molecular complexity index is 669. The van der Waals surface area contributed by atoms with E-state index in [1.165, 1.54) is 0 Å². The topological polar surface area (TPSA) is 84.9 Å². The zero-order valence-corrected chi connectivity index (χ0v) is 14.2. The fourth-order valence-electron chi connectivity index (χ4n) is 2.66. The van der Waals surface area contributed by atoms with Crippen LogP contribution in [-0.4, -0.2) is 38.8 Å². The van der Waals surface area contributed by atoms with Gasteiger partial charge in [0.25, 0.3) is 0 Å². The molecule has 0 saturated carbocycles. The van der Waals surface area contributed by atoms with Gasteiger partial charge in [-0.1, -0.05) is 32.1 Å². The van der Waals surface area contributed by atoms with Gasteiger partial charge in [-0.3, -0.25) is 4.55 Å². The highest BCUT2D eigenvalue weighted by Gasteiger charge is 2.33. The third-order valence-corrected chi connectivity index (χ3v) is 4.64. The molecule has 0 spiro atoms. The van der Waals surface area contributed by atoms with E-state index >= 15 is 0 Å². The van der Waals surface area contributed by atoms with E-state index in [1.807, 2.05) is 26.0 Å². The van der Waals surface area contributed by atoms with E-state index < -0.39 is 21.8 Å². The number of rotatable bonds is 8. The van der Waals surface area contributed by atoms with Gasteiger partial charge in [0.2, 0.25) is 0 Å². The molecule has 23 heavy (non-hydrogen) atoms. The summed E-state index contributed by atoms with van der Waals surface area (Å²) in [5.74, 6) is 0.893. The minimum Gasteiger partial charge on any atom is -0.493 e. The van der Waals surface area contributed by atoms with Gasteiger partial charge in [-0.25, -0.2) is 0 Å². The molecule has 1 aromatic carbocycles. The van der Waals surface area contributed by atoms with Crippen LogP contribution in [0, 0.1) is 0 Å². The molecule has 0 aliphatic carbocycles. The second-order valence-corrected chi connectivity index (χ2v) is 7.32. The summed E-state index contributed by atoms with van der Waals surface area (Å²) in [7, 11) is -4.27. The van der Waals surface area contributed by atoms with Gasteiger partial charge in [-0.2, -0.15) is 13.1 Å². The molecule has 0 radical (unpaired) electrons. The molecule has 0 amide bonds. The van der Waals surface area contributed by atoms with Gasteiger partial charge in [0.1, 0.15) is 5.75 Å². The first kappa shape index (κ1) is 17.9. The van der Waals surface area contributed by atoms with Gasteiger partial charge in [0, 0.05) is 18.4 Å². The van der Waals surface area contributed by atoms with Crippen molar-refractivity contribution in [3.63, 3.8) is 0 Å². The lowest BCUT2D eigenvalue weighted by Gasteiger charge is -2.34. The third-order valence-electron chi connectivity index (χ3n) is 4.10. The first-order valence-electron chi connectivity index (χ1n) is 7.45. The average molecular weight is 341 g/mol. The molecule has 0 bridgehead atoms. The first-order valence-corrected chi connectivity index (χ1v) is 8.89. The second-order valence-electron chi connectivity index (χ2n) is 6.08. The van der Waals surface area contributed by atoms with Gasteiger partial charge in [0.05, 0.1) is 19.3 Å². The van der Waals surface area contributed by atoms with Crippen LogP contribution in [0.2, 0.25) is 0 Å². The standard InChI is InChI=1S/C16H23NO5S/c1-4-8-22-15(11-17-23(18,19)20)16(2,3)13-5-6-14-12(10-13)7-9-21-14/h4-6,10,15,17H,1,7-9,11H2,2-3H3,(H,18,19,20). The number of fused-ring (bicyclic) bond motifs is 1. The predicted octanol–water partition coefficient (Wildman–Crippen LogP) is 1.86. The van der Waals surface area contributed by atoms with Crippen LogP contribution in [0.3, 0.4) is 0 Å². The van der Waals surface area contributed by atoms with Crippen LogP contribution in [0.5, 0.6) is 5.75 Å². The summed E-state index contributed by atoms with van der Waals surface area (Å²) >= 11 is 0. The van der Waals surface area contributed by atoms with Crippen LogP contribution in [0.25, 0.3) is 0 Å². The summed E-state index contributed by atoms with van der Waals surface area (Å²) in [6.07, 6.45) is 2.00. The quantitative estimate of drug-likeness (QED) is 0.557. The molecule has 1 aromatic rings. The monoisotopic (exact) mass is 341 g/mol. The number of hydrogen-bond donors (Lipinski definition) is 2. The van der Waals surface area contributed by atoms with E-state index in [9.17, 15) is 8.42 Å². The summed E-state index contributed by atoms with van der Waals surface area (Å²) < 4.78 is 44.2. The molecule has 1 unspecified atom stereocenters. The van der Waals surface area contributed by atoms with Gasteiger partial charge < -0.3 is 9.47 Å². The second kappa shape index (κ2) is 7.00. The maximum atomic E-state index is 11.0. The fourth-order valence-corrected chi connectivity index (χ4v) is 3.02. The minimum atomic E-state index is -4.27. The van der Waals surface area contributed by atoms with E-state index in [0.29, 0.717) is 6.61 Å². The first-order chi connectivity index (χ1) is 10.7. The number of ether oxygens (including phenoxy) is 2. The maximum Gasteiger partial charge on any atom is 0.333 e. The van der Waals surface area contributed by atoms with E-state index in [0.717, 1.165) is 23.3 Å². The molecule has 2 rings (SSSR count). The van der Waals surface area contributed by atoms with Crippen LogP contribution >= 0.6 is 0 Å². The Morgan fingerprint density at radius 3 is 2.91 bits per heavy atom. The Labute approximate surface area is 137 Å². The van der Waals surface area contributed by atoms with Crippen molar-refractivity contribution in [2.45, 2.75) is 31.8 Å². The largest absolute Gasteiger partial charge is 0.493 e. The molecule has 6 nitrogen and oxygen atoms in total. The highest BCUT2D eigenvalue weighted by Crippen LogP contribution is 2.34. The highest BCUT2D eigenvalue weighted by molar-refractivity contribution is 7.83. The molecule has 1 heterocycles. The number of hydrogen-bond acceptors (Lipinski definition) is 4. The Kier molecular flexibility index (Phi) is 5.46. The molecule has 128 valence electrons. The fraction of sp³-hybridized carbons (Fsp3) is 0.500. The van der Waals surface area contributed by atoms with Crippen molar-refractivity contribution in [3.8, 4) is 5.75 Å². The van der Waals surface area contributed by atoms with Crippen LogP contribution in [0.15, 0.2) is 30.9 Å². The van der Waals surface area contributed by atoms with Crippen molar-refractivity contribution in [1.29, 1.82) is 0 Å². The lowest BCUT2D eigenvalue weighted by molar-refractivity contribution is 0.0270. The molecular weight excluding hydrogens is 318 g/mol. The van der Waals surface area contributed by atoms with Crippen molar-refractivity contribution in [2.75, 3.05) is 19.8 Å². The Balaban J connectivity index is 2.24. The zero-order valence-electron chi connectivity index (χ0n) is 13.4. The third kappa shape index (κ3) is 4.54. The van der Waals surface area contributed by atoms with Crippen molar-refractivity contribution < 1.29 is 22.4 Å². The summed E-state index contributed by atoms with van der Waals surface area (Å²) in [5.41, 5.74) is 1.69. The lowest BCUT2D eigenvalue weighted by Crippen LogP contribution is -2.44. The predicted molar refractivity (Wildman–Crippen MR) is 88.2 cm³/mol. The van der Waals surface area contributed by atoms with Crippen molar-refractivity contribution >= 4 is 10.3 Å². The van der Waals surface area contributed by atoms with Crippen LogP contribution in [0.1, 0.15) is 25.0 Å². The Morgan fingerprint density at radius 1 is 1.52 bits per heavy atom. The zero-order chi connectivity index (χ0) is 17.1. The van der Waals surface area contributed by atoms with E-state index in [-0.39, 0.29) is 13.2 Å². The number of nitrogens with one attached hydrogen (secondary N) is 1. The van der Waals surface area contributed by atoms with Crippen molar-refractivity contribution in [3.05, 3.63) is 42.0 Å². The molecule has 1 atom stereocenters. The molecule has 0 aromatic heterocycles. The lowest BCUT2D eigenvalue weighted by atomic mass is 9.78. The summed E-state index contributed by atoms with van der Waals surface area (Å²) in [5, 5.41) is 0. The van der Waals surface area contributed by atoms with E-state index in [2.05, 4.69) is 17.4 Å². The maximum absolute atomic E-state index is 11.0. The summed E-state index contributed by atoms with van der Waals surface area (Å²) in [4.78, 5) is 0. The van der Waals surface area contributed by atoms with Crippen LogP contribution in [0.4, 0.5) is 0 Å². The van der Waals surface area contributed by atoms with E-state index in [4.69, 9.17) is 14.0 Å². The van der Waals surface area contributed by atoms with Crippen LogP contribution < -0.4 is 9.46 Å². The van der Waals surface area contributed by atoms with Gasteiger partial charge in [-0.05, 0) is 17.2 Å². The van der Waals surface area contributed by atoms with Gasteiger partial charge in [-0.15, -0.1) is 6.58 Å². The molecule has 1 aliphatic heterocycles. The van der Waals surface area contributed by atoms with Crippen LogP contribution in [-0.2, 0) is 26.9 Å². The minimum absolute atomic E-state index is 0.0345. The number of benzene rings is 1. The highest BCUT2D eigenvalue weighted by atomic mass is 32.2. The van der Waals surface area contributed by atoms with E-state index in [1.54, 1.807) is 6.08 Å². The van der Waals surface area contributed by atoms with Crippen molar-refractivity contribution in [1.82, 2.24) is 4.72 Å². The summed E-state index contributed by atoms with van der Waals surface area (Å²) in [6.45, 7) is 8.50. The van der Waals surface area contributed by atoms with Crippen molar-refractivity contribution in [2.24, 2.45) is 0 Å². The average Bonchev–Trinajstić information content (AvgIpc) is 2.93. The SMILES string of the molecule is C=CCOC(CNS(=O)(=O)O)C(C)(C)c1ccc2c(c1)CCO2. The molecule has 1 aliphatic rings. The summed E-state index contributed by atoms with van der Waals surface area (Å²) in [6, 6.07) is 5.96. The molecule has 0 fully saturated rings. The molecule has 0 saturated heterocycles. The normalized spacial score (nSPS) is 15.8.